The number of hydrogen-bond acceptors (Lipinski definition) is 8. The molecule has 0 unspecified atom stereocenters. The number of benzene rings is 3. The number of aromatic nitrogens is 7. The van der Waals surface area contributed by atoms with Crippen LogP contribution < -0.4 is 11.4 Å². The summed E-state index contributed by atoms with van der Waals surface area (Å²) in [5.74, 6) is 2.77. The quantitative estimate of drug-likeness (QED) is 0.130. The Morgan fingerprint density at radius 2 is 1.25 bits per heavy atom. The summed E-state index contributed by atoms with van der Waals surface area (Å²) in [6.45, 7) is 10.6. The number of nitrogens with one attached hydrogen (secondary N) is 4. The Kier molecular flexibility index (Phi) is 8.80. The third kappa shape index (κ3) is 6.26. The van der Waals surface area contributed by atoms with Gasteiger partial charge in [0.2, 0.25) is 0 Å². The highest BCUT2D eigenvalue weighted by atomic mass is 32.1. The van der Waals surface area contributed by atoms with Gasteiger partial charge in [-0.15, -0.1) is 0 Å². The molecular weight excluding hydrogens is 737 g/mol. The van der Waals surface area contributed by atoms with Crippen molar-refractivity contribution in [3.8, 4) is 33.4 Å². The van der Waals surface area contributed by atoms with Crippen LogP contribution in [-0.2, 0) is 0 Å². The molecule has 57 heavy (non-hydrogen) atoms. The maximum atomic E-state index is 12.2. The molecule has 0 radical (unpaired) electrons. The summed E-state index contributed by atoms with van der Waals surface area (Å²) in [6, 6.07) is 16.3. The second-order valence-electron chi connectivity index (χ2n) is 15.4. The fourth-order valence-corrected chi connectivity index (χ4v) is 8.64. The van der Waals surface area contributed by atoms with Gasteiger partial charge in [-0.2, -0.15) is 13.5 Å². The van der Waals surface area contributed by atoms with Gasteiger partial charge in [0.15, 0.2) is 0 Å². The fraction of sp³-hybridized carbons (Fsp3) is 0.273. The number of fused-ring (bicyclic) bond motifs is 3. The number of aryl methyl sites for hydroxylation is 5. The lowest BCUT2D eigenvalue weighted by Crippen LogP contribution is -2.05. The maximum Gasteiger partial charge on any atom is 0.323 e. The third-order valence-corrected chi connectivity index (χ3v) is 11.5. The van der Waals surface area contributed by atoms with Crippen LogP contribution in [0.3, 0.4) is 0 Å². The Bertz CT molecular complexity index is 3050. The van der Waals surface area contributed by atoms with E-state index in [2.05, 4.69) is 66.4 Å². The number of pyridine rings is 1. The van der Waals surface area contributed by atoms with Crippen LogP contribution in [0.1, 0.15) is 59.7 Å². The summed E-state index contributed by atoms with van der Waals surface area (Å²) in [5.41, 5.74) is 17.5. The molecule has 0 atom stereocenters. The van der Waals surface area contributed by atoms with Gasteiger partial charge in [-0.1, -0.05) is 22.4 Å². The second kappa shape index (κ2) is 13.8. The lowest BCUT2D eigenvalue weighted by molar-refractivity contribution is 0.393. The minimum absolute atomic E-state index is 0. The first-order valence-corrected chi connectivity index (χ1v) is 19.1. The minimum atomic E-state index is -0.233. The van der Waals surface area contributed by atoms with Crippen LogP contribution in [0.15, 0.2) is 83.9 Å². The SMILES string of the molecule is Cc1ccc2ncccc2c1-c1cc(-c2c(C)noc2C)cc2[nH]c(=O)[nH]c12.Cc1noc(C)c1-c1cc(C2=C(C3CC3)CN=C2C2CC2)c2[nH]c(=O)[nH]c2c1.S. The average Bonchev–Trinajstić information content (AvgIpc) is 4.01. The van der Waals surface area contributed by atoms with Crippen molar-refractivity contribution >= 4 is 57.8 Å². The second-order valence-corrected chi connectivity index (χ2v) is 15.4. The zero-order valence-electron chi connectivity index (χ0n) is 32.3. The number of aromatic amines is 4. The number of hydrogen-bond donors (Lipinski definition) is 4. The van der Waals surface area contributed by atoms with Crippen molar-refractivity contribution in [3.05, 3.63) is 115 Å². The number of rotatable bonds is 6. The molecule has 2 aliphatic carbocycles. The number of aliphatic imine (C=N–C) groups is 1. The first-order chi connectivity index (χ1) is 27.1. The molecule has 2 fully saturated rings. The van der Waals surface area contributed by atoms with E-state index in [1.165, 1.54) is 42.5 Å². The van der Waals surface area contributed by atoms with Crippen molar-refractivity contribution in [2.45, 2.75) is 60.3 Å². The lowest BCUT2D eigenvalue weighted by atomic mass is 9.89. The van der Waals surface area contributed by atoms with Gasteiger partial charge in [0, 0.05) is 51.0 Å². The predicted octanol–water partition coefficient (Wildman–Crippen LogP) is 8.92. The third-order valence-electron chi connectivity index (χ3n) is 11.5. The van der Waals surface area contributed by atoms with E-state index in [0.717, 1.165) is 107 Å². The van der Waals surface area contributed by atoms with Crippen LogP contribution in [0.5, 0.6) is 0 Å². The van der Waals surface area contributed by atoms with Crippen LogP contribution >= 0.6 is 13.5 Å². The summed E-state index contributed by atoms with van der Waals surface area (Å²) in [4.78, 5) is 45.5. The molecule has 0 bridgehead atoms. The molecule has 1 aliphatic heterocycles. The monoisotopic (exact) mass is 778 g/mol. The first-order valence-electron chi connectivity index (χ1n) is 19.1. The summed E-state index contributed by atoms with van der Waals surface area (Å²) >= 11 is 0. The van der Waals surface area contributed by atoms with E-state index in [4.69, 9.17) is 14.0 Å². The first kappa shape index (κ1) is 36.4. The Morgan fingerprint density at radius 3 is 1.81 bits per heavy atom. The van der Waals surface area contributed by atoms with E-state index in [9.17, 15) is 9.59 Å². The zero-order valence-corrected chi connectivity index (χ0v) is 33.3. The highest BCUT2D eigenvalue weighted by Crippen LogP contribution is 2.49. The number of H-pyrrole nitrogens is 4. The van der Waals surface area contributed by atoms with Crippen molar-refractivity contribution in [2.24, 2.45) is 16.8 Å². The average molecular weight is 779 g/mol. The topological polar surface area (TPSA) is 175 Å². The standard InChI is InChI=1S/C22H22N4O2.C22H18N4O2.H2S/c1-10-18(11(2)28-26-10)14-7-15(21-17(8-14)24-22(27)25-21)19-16(12-3-4-12)9-23-20(19)13-5-6-13;1-11-6-7-17-15(5-4-8-23-17)19(11)16-9-14(20-12(2)26-28-13(20)3)10-18-21(16)25-22(27)24-18;/h7-8,12-13H,3-6,9H2,1-2H3,(H2,24,25,27);4-10H,1-3H3,(H2,24,25,27);1H2. The van der Waals surface area contributed by atoms with E-state index in [0.29, 0.717) is 11.8 Å². The molecule has 11 rings (SSSR count). The molecule has 0 amide bonds. The van der Waals surface area contributed by atoms with Crippen LogP contribution in [-0.4, -0.2) is 47.5 Å². The van der Waals surface area contributed by atoms with Gasteiger partial charge < -0.3 is 29.0 Å². The van der Waals surface area contributed by atoms with Crippen molar-refractivity contribution in [1.29, 1.82) is 0 Å². The summed E-state index contributed by atoms with van der Waals surface area (Å²) in [5, 5.41) is 9.25. The molecule has 3 aliphatic rings. The Morgan fingerprint density at radius 1 is 0.667 bits per heavy atom. The highest BCUT2D eigenvalue weighted by Gasteiger charge is 2.39. The van der Waals surface area contributed by atoms with E-state index in [1.807, 2.05) is 52.0 Å². The molecular formula is C44H42N8O4S. The van der Waals surface area contributed by atoms with Gasteiger partial charge in [-0.25, -0.2) is 9.59 Å². The zero-order chi connectivity index (χ0) is 38.4. The molecule has 8 aromatic rings. The van der Waals surface area contributed by atoms with Crippen molar-refractivity contribution in [3.63, 3.8) is 0 Å². The maximum absolute atomic E-state index is 12.2. The summed E-state index contributed by atoms with van der Waals surface area (Å²) in [6.07, 6.45) is 6.73. The Balaban J connectivity index is 0.000000146. The molecule has 5 aromatic heterocycles. The number of allylic oxidation sites excluding steroid dienone is 1. The van der Waals surface area contributed by atoms with Crippen LogP contribution in [0.4, 0.5) is 0 Å². The van der Waals surface area contributed by atoms with Gasteiger partial charge in [0.05, 0.1) is 45.5 Å². The van der Waals surface area contributed by atoms with Gasteiger partial charge in [-0.3, -0.25) is 9.98 Å². The minimum Gasteiger partial charge on any atom is -0.361 e. The molecule has 13 heteroatoms. The molecule has 0 saturated heterocycles. The van der Waals surface area contributed by atoms with Crippen LogP contribution in [0.25, 0.3) is 71.9 Å². The summed E-state index contributed by atoms with van der Waals surface area (Å²) < 4.78 is 10.8. The molecule has 288 valence electrons. The largest absolute Gasteiger partial charge is 0.361 e. The highest BCUT2D eigenvalue weighted by molar-refractivity contribution is 7.59. The van der Waals surface area contributed by atoms with Crippen molar-refractivity contribution in [2.75, 3.05) is 6.54 Å². The lowest BCUT2D eigenvalue weighted by Gasteiger charge is -2.13. The molecule has 6 heterocycles. The molecule has 3 aromatic carbocycles. The molecule has 12 nitrogen and oxygen atoms in total. The summed E-state index contributed by atoms with van der Waals surface area (Å²) in [7, 11) is 0. The number of nitrogens with zero attached hydrogens (tertiary/aromatic N) is 4. The smallest absolute Gasteiger partial charge is 0.323 e. The van der Waals surface area contributed by atoms with Gasteiger partial charge >= 0.3 is 11.4 Å². The molecule has 0 spiro atoms. The van der Waals surface area contributed by atoms with Gasteiger partial charge in [0.25, 0.3) is 0 Å². The van der Waals surface area contributed by atoms with Crippen molar-refractivity contribution in [1.82, 2.24) is 35.2 Å². The predicted molar refractivity (Wildman–Crippen MR) is 228 cm³/mol. The Hall–Kier alpha value is -6.21. The van der Waals surface area contributed by atoms with Crippen LogP contribution in [0, 0.1) is 46.5 Å². The van der Waals surface area contributed by atoms with E-state index >= 15 is 0 Å². The molecule has 4 N–H and O–H groups in total. The van der Waals surface area contributed by atoms with E-state index in [-0.39, 0.29) is 24.9 Å². The van der Waals surface area contributed by atoms with Gasteiger partial charge in [-0.05, 0) is 130 Å². The normalized spacial score (nSPS) is 15.4. The number of imidazole rings is 2. The van der Waals surface area contributed by atoms with E-state index < -0.39 is 0 Å². The van der Waals surface area contributed by atoms with E-state index in [1.54, 1.807) is 6.20 Å². The fourth-order valence-electron chi connectivity index (χ4n) is 8.64. The van der Waals surface area contributed by atoms with Crippen molar-refractivity contribution < 1.29 is 9.05 Å². The Labute approximate surface area is 333 Å². The van der Waals surface area contributed by atoms with Crippen LogP contribution in [0.2, 0.25) is 0 Å². The van der Waals surface area contributed by atoms with Gasteiger partial charge in [0.1, 0.15) is 11.5 Å². The molecule has 2 saturated carbocycles.